The van der Waals surface area contributed by atoms with Crippen LogP contribution in [0.15, 0.2) is 34.9 Å². The molecule has 3 N–H and O–H groups in total. The Morgan fingerprint density at radius 2 is 1.58 bits per heavy atom. The average molecular weight is 529 g/mol. The third kappa shape index (κ3) is 6.88. The monoisotopic (exact) mass is 528 g/mol. The van der Waals surface area contributed by atoms with E-state index in [-0.39, 0.29) is 5.03 Å². The van der Waals surface area contributed by atoms with Crippen LogP contribution in [0.25, 0.3) is 0 Å². The fraction of sp³-hybridized carbons (Fsp3) is 0.261. The number of carbonyl (C=O) groups excluding carboxylic acids is 2. The van der Waals surface area contributed by atoms with Gasteiger partial charge in [0.15, 0.2) is 23.3 Å². The van der Waals surface area contributed by atoms with E-state index in [4.69, 9.17) is 4.74 Å². The summed E-state index contributed by atoms with van der Waals surface area (Å²) in [5, 5.41) is 16.6. The van der Waals surface area contributed by atoms with Crippen molar-refractivity contribution in [2.45, 2.75) is 20.3 Å². The number of carbonyl (C=O) groups is 2. The van der Waals surface area contributed by atoms with Gasteiger partial charge in [0.1, 0.15) is 23.1 Å². The summed E-state index contributed by atoms with van der Waals surface area (Å²) in [5.41, 5.74) is -1.61. The molecule has 0 heterocycles. The van der Waals surface area contributed by atoms with Crippen molar-refractivity contribution in [2.75, 3.05) is 29.5 Å². The Balaban J connectivity index is 2.25. The van der Waals surface area contributed by atoms with E-state index in [1.54, 1.807) is 49.5 Å². The molecule has 0 aromatic heterocycles. The highest BCUT2D eigenvalue weighted by molar-refractivity contribution is 8.03. The SMILES string of the molecule is CCCN/C(SCC(=O)Nc1c(F)c(F)c(F)c(F)c1F)=C(/C#N)C(=O)Nc1ccccc1OCC. The zero-order chi connectivity index (χ0) is 26.8. The number of hydrogen-bond donors (Lipinski definition) is 3. The molecule has 0 aliphatic rings. The van der Waals surface area contributed by atoms with E-state index in [2.05, 4.69) is 10.6 Å². The Hall–Kier alpha value is -3.79. The average Bonchev–Trinajstić information content (AvgIpc) is 2.87. The van der Waals surface area contributed by atoms with Gasteiger partial charge in [0.25, 0.3) is 5.91 Å². The highest BCUT2D eigenvalue weighted by Gasteiger charge is 2.27. The van der Waals surface area contributed by atoms with E-state index in [1.165, 1.54) is 0 Å². The summed E-state index contributed by atoms with van der Waals surface area (Å²) in [6, 6.07) is 8.25. The molecule has 13 heteroatoms. The molecular formula is C23H21F5N4O3S. The minimum absolute atomic E-state index is 0.0293. The Kier molecular flexibility index (Phi) is 10.5. The topological polar surface area (TPSA) is 103 Å². The second-order valence-corrected chi connectivity index (χ2v) is 7.89. The maximum Gasteiger partial charge on any atom is 0.269 e. The van der Waals surface area contributed by atoms with E-state index in [1.807, 2.05) is 0 Å². The first kappa shape index (κ1) is 28.4. The van der Waals surface area contributed by atoms with Crippen LogP contribution >= 0.6 is 11.8 Å². The highest BCUT2D eigenvalue weighted by Crippen LogP contribution is 2.28. The molecule has 0 spiro atoms. The molecule has 7 nitrogen and oxygen atoms in total. The number of thioether (sulfide) groups is 1. The van der Waals surface area contributed by atoms with Crippen LogP contribution in [0.1, 0.15) is 20.3 Å². The third-order valence-electron chi connectivity index (χ3n) is 4.36. The smallest absolute Gasteiger partial charge is 0.269 e. The molecular weight excluding hydrogens is 507 g/mol. The van der Waals surface area contributed by atoms with Gasteiger partial charge in [-0.25, -0.2) is 22.0 Å². The van der Waals surface area contributed by atoms with Crippen molar-refractivity contribution >= 4 is 35.0 Å². The summed E-state index contributed by atoms with van der Waals surface area (Å²) in [5.74, 6) is -13.4. The number of benzene rings is 2. The van der Waals surface area contributed by atoms with Crippen molar-refractivity contribution in [3.05, 3.63) is 64.0 Å². The van der Waals surface area contributed by atoms with Crippen LogP contribution in [0.4, 0.5) is 33.3 Å². The first-order valence-electron chi connectivity index (χ1n) is 10.5. The molecule has 192 valence electrons. The highest BCUT2D eigenvalue weighted by atomic mass is 32.2. The van der Waals surface area contributed by atoms with Gasteiger partial charge >= 0.3 is 0 Å². The molecule has 2 amide bonds. The maximum absolute atomic E-state index is 13.8. The minimum atomic E-state index is -2.36. The summed E-state index contributed by atoms with van der Waals surface area (Å²) in [4.78, 5) is 25.1. The van der Waals surface area contributed by atoms with Crippen molar-refractivity contribution in [3.63, 3.8) is 0 Å². The fourth-order valence-electron chi connectivity index (χ4n) is 2.72. The second kappa shape index (κ2) is 13.3. The molecule has 0 radical (unpaired) electrons. The summed E-state index contributed by atoms with van der Waals surface area (Å²) >= 11 is 0.634. The number of ether oxygens (including phenoxy) is 1. The fourth-order valence-corrected chi connectivity index (χ4v) is 3.55. The molecule has 0 saturated heterocycles. The molecule has 0 saturated carbocycles. The van der Waals surface area contributed by atoms with E-state index in [0.717, 1.165) is 0 Å². The van der Waals surface area contributed by atoms with Gasteiger partial charge in [0.2, 0.25) is 11.7 Å². The number of nitriles is 1. The summed E-state index contributed by atoms with van der Waals surface area (Å²) in [6.45, 7) is 4.18. The largest absolute Gasteiger partial charge is 0.492 e. The molecule has 2 aromatic carbocycles. The van der Waals surface area contributed by atoms with Crippen molar-refractivity contribution in [3.8, 4) is 11.8 Å². The van der Waals surface area contributed by atoms with Crippen molar-refractivity contribution in [1.82, 2.24) is 5.32 Å². The predicted molar refractivity (Wildman–Crippen MR) is 124 cm³/mol. The van der Waals surface area contributed by atoms with Crippen LogP contribution in [-0.4, -0.2) is 30.7 Å². The lowest BCUT2D eigenvalue weighted by Crippen LogP contribution is -2.23. The number of para-hydroxylation sites is 2. The van der Waals surface area contributed by atoms with Crippen LogP contribution < -0.4 is 20.7 Å². The quantitative estimate of drug-likeness (QED) is 0.127. The van der Waals surface area contributed by atoms with Crippen LogP contribution in [0.5, 0.6) is 5.75 Å². The molecule has 2 rings (SSSR count). The third-order valence-corrected chi connectivity index (χ3v) is 5.40. The molecule has 0 bridgehead atoms. The van der Waals surface area contributed by atoms with Crippen LogP contribution in [0.2, 0.25) is 0 Å². The van der Waals surface area contributed by atoms with Crippen LogP contribution in [0.3, 0.4) is 0 Å². The molecule has 0 fully saturated rings. The number of hydrogen-bond acceptors (Lipinski definition) is 6. The molecule has 0 aliphatic heterocycles. The number of nitrogens with zero attached hydrogens (tertiary/aromatic N) is 1. The maximum atomic E-state index is 13.8. The molecule has 0 unspecified atom stereocenters. The van der Waals surface area contributed by atoms with Gasteiger partial charge in [-0.1, -0.05) is 30.8 Å². The summed E-state index contributed by atoms with van der Waals surface area (Å²) in [7, 11) is 0. The van der Waals surface area contributed by atoms with Crippen LogP contribution in [0, 0.1) is 40.4 Å². The van der Waals surface area contributed by atoms with Gasteiger partial charge in [-0.2, -0.15) is 5.26 Å². The number of rotatable bonds is 11. The van der Waals surface area contributed by atoms with E-state index >= 15 is 0 Å². The van der Waals surface area contributed by atoms with Gasteiger partial charge in [-0.3, -0.25) is 9.59 Å². The van der Waals surface area contributed by atoms with E-state index in [9.17, 15) is 36.8 Å². The summed E-state index contributed by atoms with van der Waals surface area (Å²) in [6.07, 6.45) is 0.578. The van der Waals surface area contributed by atoms with Gasteiger partial charge < -0.3 is 20.7 Å². The standard InChI is InChI=1S/C23H21F5N4O3S/c1-3-9-30-23(12(10-29)22(34)31-13-7-5-6-8-14(13)35-4-2)36-11-15(33)32-21-19(27)17(25)16(24)18(26)20(21)28/h5-8,30H,3-4,9,11H2,1-2H3,(H,31,34)(H,32,33)/b23-12+. The Morgan fingerprint density at radius 3 is 2.17 bits per heavy atom. The van der Waals surface area contributed by atoms with Crippen LogP contribution in [-0.2, 0) is 9.59 Å². The number of anilines is 2. The molecule has 2 aromatic rings. The second-order valence-electron chi connectivity index (χ2n) is 6.91. The normalized spacial score (nSPS) is 11.3. The Morgan fingerprint density at radius 1 is 0.972 bits per heavy atom. The number of halogens is 5. The molecule has 0 aliphatic carbocycles. The Labute approximate surface area is 207 Å². The lowest BCUT2D eigenvalue weighted by Gasteiger charge is -2.15. The first-order valence-corrected chi connectivity index (χ1v) is 11.5. The number of nitrogens with one attached hydrogen (secondary N) is 3. The van der Waals surface area contributed by atoms with E-state index < -0.39 is 57.9 Å². The van der Waals surface area contributed by atoms with E-state index in [0.29, 0.717) is 42.8 Å². The zero-order valence-corrected chi connectivity index (χ0v) is 19.9. The van der Waals surface area contributed by atoms with Gasteiger partial charge in [0.05, 0.1) is 23.1 Å². The number of amides is 2. The van der Waals surface area contributed by atoms with Crippen molar-refractivity contribution in [2.24, 2.45) is 0 Å². The first-order chi connectivity index (χ1) is 17.2. The van der Waals surface area contributed by atoms with Gasteiger partial charge in [-0.05, 0) is 25.5 Å². The minimum Gasteiger partial charge on any atom is -0.492 e. The predicted octanol–water partition coefficient (Wildman–Crippen LogP) is 4.83. The molecule has 0 atom stereocenters. The lowest BCUT2D eigenvalue weighted by molar-refractivity contribution is -0.114. The van der Waals surface area contributed by atoms with Gasteiger partial charge in [-0.15, -0.1) is 0 Å². The molecule has 36 heavy (non-hydrogen) atoms. The van der Waals surface area contributed by atoms with Crippen molar-refractivity contribution < 1.29 is 36.3 Å². The van der Waals surface area contributed by atoms with Gasteiger partial charge in [0, 0.05) is 6.54 Å². The summed E-state index contributed by atoms with van der Waals surface area (Å²) < 4.78 is 73.1. The Bertz CT molecular complexity index is 1190. The zero-order valence-electron chi connectivity index (χ0n) is 19.1. The van der Waals surface area contributed by atoms with Crippen molar-refractivity contribution in [1.29, 1.82) is 5.26 Å². The lowest BCUT2D eigenvalue weighted by atomic mass is 10.2.